The van der Waals surface area contributed by atoms with Crippen LogP contribution in [0.5, 0.6) is 11.5 Å². The number of barbiturate groups is 1. The topological polar surface area (TPSA) is 76.2 Å². The minimum atomic E-state index is -0.758. The number of hydrogen-bond acceptors (Lipinski definition) is 5. The largest absolute Gasteiger partial charge is 0.493 e. The highest BCUT2D eigenvalue weighted by atomic mass is 35.5. The zero-order valence-corrected chi connectivity index (χ0v) is 25.8. The van der Waals surface area contributed by atoms with Crippen molar-refractivity contribution in [2.45, 2.75) is 13.5 Å². The molecule has 1 aliphatic heterocycles. The highest BCUT2D eigenvalue weighted by Gasteiger charge is 2.44. The van der Waals surface area contributed by atoms with Gasteiger partial charge in [0.2, 0.25) is 0 Å². The number of nitrogens with zero attached hydrogens (tertiary/aromatic N) is 2. The molecule has 0 aliphatic carbocycles. The third-order valence-corrected chi connectivity index (χ3v) is 8.00. The maximum atomic E-state index is 14.1. The average Bonchev–Trinajstić information content (AvgIpc) is 3.03. The molecule has 1 saturated heterocycles. The van der Waals surface area contributed by atoms with Gasteiger partial charge < -0.3 is 9.47 Å². The lowest BCUT2D eigenvalue weighted by molar-refractivity contribution is -0.121. The molecule has 0 bridgehead atoms. The Bertz CT molecular complexity index is 2020. The number of benzene rings is 5. The molecule has 0 aromatic heterocycles. The fraction of sp³-hybridized carbons (Fsp3) is 0.0833. The minimum absolute atomic E-state index is 0.164. The Morgan fingerprint density at radius 1 is 0.756 bits per heavy atom. The first-order chi connectivity index (χ1) is 21.7. The van der Waals surface area contributed by atoms with E-state index in [1.54, 1.807) is 66.7 Å². The molecule has 0 unspecified atom stereocenters. The zero-order chi connectivity index (χ0) is 31.7. The summed E-state index contributed by atoms with van der Waals surface area (Å²) in [6, 6.07) is 29.2. The molecule has 5 aromatic rings. The van der Waals surface area contributed by atoms with Crippen LogP contribution < -0.4 is 19.3 Å². The standard InChI is InChI=1S/C36H26Cl2N2O5/c1-22-7-5-10-27(17-22)39-34(41)29(35(42)40(36(39)43)31-12-6-9-24-8-3-4-11-28(24)31)18-23-13-16-32(33(19-23)44-2)45-21-25-14-15-26(37)20-30(25)38/h3-20H,21H2,1-2H3/b29-18+. The molecule has 1 aliphatic rings. The molecule has 1 fully saturated rings. The van der Waals surface area contributed by atoms with Crippen LogP contribution in [-0.2, 0) is 16.2 Å². The average molecular weight is 638 g/mol. The summed E-state index contributed by atoms with van der Waals surface area (Å²) < 4.78 is 11.5. The lowest BCUT2D eigenvalue weighted by Crippen LogP contribution is -2.57. The normalized spacial score (nSPS) is 14.4. The lowest BCUT2D eigenvalue weighted by Gasteiger charge is -2.34. The molecule has 0 spiro atoms. The van der Waals surface area contributed by atoms with Crippen LogP contribution in [0.3, 0.4) is 0 Å². The molecule has 9 heteroatoms. The second-order valence-corrected chi connectivity index (χ2v) is 11.2. The van der Waals surface area contributed by atoms with E-state index < -0.39 is 17.8 Å². The monoisotopic (exact) mass is 636 g/mol. The van der Waals surface area contributed by atoms with Crippen molar-refractivity contribution < 1.29 is 23.9 Å². The third kappa shape index (κ3) is 5.88. The fourth-order valence-corrected chi connectivity index (χ4v) is 5.66. The number of methoxy groups -OCH3 is 1. The number of aryl methyl sites for hydroxylation is 1. The molecule has 4 amide bonds. The van der Waals surface area contributed by atoms with E-state index in [2.05, 4.69) is 0 Å². The molecular weight excluding hydrogens is 611 g/mol. The van der Waals surface area contributed by atoms with E-state index in [1.165, 1.54) is 13.2 Å². The van der Waals surface area contributed by atoms with Gasteiger partial charge in [0.25, 0.3) is 11.8 Å². The summed E-state index contributed by atoms with van der Waals surface area (Å²) in [7, 11) is 1.49. The number of fused-ring (bicyclic) bond motifs is 1. The van der Waals surface area contributed by atoms with Crippen LogP contribution in [0.15, 0.2) is 109 Å². The molecule has 45 heavy (non-hydrogen) atoms. The van der Waals surface area contributed by atoms with Crippen LogP contribution in [0.1, 0.15) is 16.7 Å². The van der Waals surface area contributed by atoms with E-state index in [9.17, 15) is 14.4 Å². The van der Waals surface area contributed by atoms with Crippen LogP contribution in [0.4, 0.5) is 16.2 Å². The van der Waals surface area contributed by atoms with Crippen molar-refractivity contribution in [3.8, 4) is 11.5 Å². The quantitative estimate of drug-likeness (QED) is 0.132. The number of imide groups is 2. The number of amides is 4. The van der Waals surface area contributed by atoms with Crippen molar-refractivity contribution in [1.29, 1.82) is 0 Å². The van der Waals surface area contributed by atoms with Crippen LogP contribution in [-0.4, -0.2) is 25.0 Å². The molecular formula is C36H26Cl2N2O5. The Hall–Kier alpha value is -5.11. The summed E-state index contributed by atoms with van der Waals surface area (Å²) in [5, 5.41) is 2.54. The Balaban J connectivity index is 1.41. The first-order valence-corrected chi connectivity index (χ1v) is 14.7. The van der Waals surface area contributed by atoms with Crippen LogP contribution in [0.25, 0.3) is 16.8 Å². The molecule has 1 heterocycles. The number of carbonyl (C=O) groups excluding carboxylic acids is 3. The van der Waals surface area contributed by atoms with Crippen LogP contribution in [0.2, 0.25) is 10.0 Å². The van der Waals surface area contributed by atoms with Gasteiger partial charge in [-0.05, 0) is 72.0 Å². The summed E-state index contributed by atoms with van der Waals surface area (Å²) in [4.78, 5) is 44.1. The Morgan fingerprint density at radius 3 is 2.29 bits per heavy atom. The number of halogens is 2. The third-order valence-electron chi connectivity index (χ3n) is 7.41. The van der Waals surface area contributed by atoms with E-state index in [4.69, 9.17) is 32.7 Å². The summed E-state index contributed by atoms with van der Waals surface area (Å²) in [6.07, 6.45) is 1.46. The highest BCUT2D eigenvalue weighted by molar-refractivity contribution is 6.47. The van der Waals surface area contributed by atoms with Gasteiger partial charge in [-0.3, -0.25) is 9.59 Å². The predicted molar refractivity (Wildman–Crippen MR) is 177 cm³/mol. The summed E-state index contributed by atoms with van der Waals surface area (Å²) in [6.45, 7) is 2.03. The Morgan fingerprint density at radius 2 is 1.51 bits per heavy atom. The first kappa shape index (κ1) is 29.9. The van der Waals surface area contributed by atoms with Gasteiger partial charge in [-0.25, -0.2) is 14.6 Å². The molecule has 5 aromatic carbocycles. The van der Waals surface area contributed by atoms with E-state index in [-0.39, 0.29) is 12.2 Å². The Kier molecular flexibility index (Phi) is 8.30. The van der Waals surface area contributed by atoms with Crippen molar-refractivity contribution in [2.75, 3.05) is 16.9 Å². The lowest BCUT2D eigenvalue weighted by atomic mass is 10.0. The molecule has 0 N–H and O–H groups in total. The predicted octanol–water partition coefficient (Wildman–Crippen LogP) is 8.63. The van der Waals surface area contributed by atoms with Gasteiger partial charge in [-0.1, -0.05) is 83.9 Å². The number of carbonyl (C=O) groups is 3. The number of hydrogen-bond donors (Lipinski definition) is 0. The minimum Gasteiger partial charge on any atom is -0.493 e. The summed E-state index contributed by atoms with van der Waals surface area (Å²) >= 11 is 12.3. The molecule has 224 valence electrons. The number of rotatable bonds is 7. The maximum Gasteiger partial charge on any atom is 0.343 e. The maximum absolute atomic E-state index is 14.1. The molecule has 6 rings (SSSR count). The second-order valence-electron chi connectivity index (χ2n) is 10.4. The highest BCUT2D eigenvalue weighted by Crippen LogP contribution is 2.35. The van der Waals surface area contributed by atoms with E-state index in [0.29, 0.717) is 43.9 Å². The van der Waals surface area contributed by atoms with Gasteiger partial charge >= 0.3 is 6.03 Å². The Labute approximate surface area is 269 Å². The molecule has 0 radical (unpaired) electrons. The molecule has 0 saturated carbocycles. The van der Waals surface area contributed by atoms with E-state index in [1.807, 2.05) is 43.3 Å². The number of urea groups is 1. The van der Waals surface area contributed by atoms with Crippen molar-refractivity contribution in [3.05, 3.63) is 135 Å². The van der Waals surface area contributed by atoms with Crippen molar-refractivity contribution in [3.63, 3.8) is 0 Å². The van der Waals surface area contributed by atoms with Gasteiger partial charge in [-0.2, -0.15) is 0 Å². The van der Waals surface area contributed by atoms with Crippen molar-refractivity contribution in [2.24, 2.45) is 0 Å². The number of ether oxygens (including phenoxy) is 2. The summed E-state index contributed by atoms with van der Waals surface area (Å²) in [5.41, 5.74) is 2.64. The van der Waals surface area contributed by atoms with Gasteiger partial charge in [0.15, 0.2) is 11.5 Å². The second kappa shape index (κ2) is 12.5. The zero-order valence-electron chi connectivity index (χ0n) is 24.3. The van der Waals surface area contributed by atoms with Gasteiger partial charge in [0.05, 0.1) is 18.5 Å². The fourth-order valence-electron chi connectivity index (χ4n) is 5.19. The smallest absolute Gasteiger partial charge is 0.343 e. The van der Waals surface area contributed by atoms with Crippen molar-refractivity contribution in [1.82, 2.24) is 0 Å². The van der Waals surface area contributed by atoms with Gasteiger partial charge in [0, 0.05) is 21.0 Å². The molecule has 0 atom stereocenters. The summed E-state index contributed by atoms with van der Waals surface area (Å²) in [5.74, 6) is -0.658. The van der Waals surface area contributed by atoms with Crippen LogP contribution >= 0.6 is 23.2 Å². The van der Waals surface area contributed by atoms with E-state index in [0.717, 1.165) is 26.3 Å². The van der Waals surface area contributed by atoms with Gasteiger partial charge in [-0.15, -0.1) is 0 Å². The number of anilines is 2. The van der Waals surface area contributed by atoms with Gasteiger partial charge in [0.1, 0.15) is 12.2 Å². The SMILES string of the molecule is COc1cc(/C=C2\C(=O)N(c3cccc(C)c3)C(=O)N(c3cccc4ccccc34)C2=O)ccc1OCc1ccc(Cl)cc1Cl. The first-order valence-electron chi connectivity index (χ1n) is 14.0. The van der Waals surface area contributed by atoms with Crippen molar-refractivity contribution >= 4 is 69.3 Å². The van der Waals surface area contributed by atoms with Crippen LogP contribution in [0, 0.1) is 6.92 Å². The van der Waals surface area contributed by atoms with E-state index >= 15 is 0 Å². The molecule has 7 nitrogen and oxygen atoms in total.